The van der Waals surface area contributed by atoms with Gasteiger partial charge in [-0.05, 0) is 6.07 Å². The van der Waals surface area contributed by atoms with Crippen molar-refractivity contribution in [1.29, 1.82) is 0 Å². The quantitative estimate of drug-likeness (QED) is 0.895. The minimum absolute atomic E-state index is 0. The number of carbonyl (C=O) groups is 1. The van der Waals surface area contributed by atoms with E-state index >= 15 is 0 Å². The largest absolute Gasteiger partial charge is 0.496 e. The Hall–Kier alpha value is -0.680. The van der Waals surface area contributed by atoms with Gasteiger partial charge in [0.1, 0.15) is 5.75 Å². The highest BCUT2D eigenvalue weighted by Gasteiger charge is 2.14. The summed E-state index contributed by atoms with van der Waals surface area (Å²) in [5.74, 6) is 0.0878. The maximum absolute atomic E-state index is 11.7. The third-order valence-corrected chi connectivity index (χ3v) is 2.64. The zero-order valence-electron chi connectivity index (χ0n) is 9.13. The van der Waals surface area contributed by atoms with E-state index in [1.54, 1.807) is 0 Å². The highest BCUT2D eigenvalue weighted by atomic mass is 35.5. The first-order valence-corrected chi connectivity index (χ1v) is 5.37. The maximum Gasteiger partial charge on any atom is 0.255 e. The molecule has 0 saturated carbocycles. The lowest BCUT2D eigenvalue weighted by Crippen LogP contribution is -2.29. The van der Waals surface area contributed by atoms with Crippen LogP contribution in [0.2, 0.25) is 10.0 Å². The Morgan fingerprint density at radius 1 is 1.41 bits per heavy atom. The molecule has 7 heteroatoms. The summed E-state index contributed by atoms with van der Waals surface area (Å²) in [5, 5.41) is 3.27. The van der Waals surface area contributed by atoms with Crippen molar-refractivity contribution in [3.8, 4) is 5.75 Å². The Bertz CT molecular complexity index is 399. The Balaban J connectivity index is 0.00000256. The first-order valence-electron chi connectivity index (χ1n) is 4.61. The zero-order chi connectivity index (χ0) is 12.1. The molecule has 0 unspecified atom stereocenters. The molecule has 0 heterocycles. The van der Waals surface area contributed by atoms with Gasteiger partial charge < -0.3 is 15.8 Å². The Labute approximate surface area is 116 Å². The van der Waals surface area contributed by atoms with Crippen LogP contribution >= 0.6 is 35.6 Å². The van der Waals surface area contributed by atoms with Crippen LogP contribution in [0, 0.1) is 0 Å². The van der Waals surface area contributed by atoms with E-state index < -0.39 is 0 Å². The van der Waals surface area contributed by atoms with Gasteiger partial charge in [0, 0.05) is 19.2 Å². The number of amides is 1. The van der Waals surface area contributed by atoms with Gasteiger partial charge in [-0.3, -0.25) is 4.79 Å². The molecule has 17 heavy (non-hydrogen) atoms. The van der Waals surface area contributed by atoms with Crippen molar-refractivity contribution in [1.82, 2.24) is 5.32 Å². The van der Waals surface area contributed by atoms with E-state index in [-0.39, 0.29) is 18.3 Å². The van der Waals surface area contributed by atoms with E-state index in [4.69, 9.17) is 33.7 Å². The first kappa shape index (κ1) is 16.3. The molecule has 0 spiro atoms. The summed E-state index contributed by atoms with van der Waals surface area (Å²) in [6, 6.07) is 2.97. The second-order valence-corrected chi connectivity index (χ2v) is 3.83. The number of rotatable bonds is 4. The molecule has 0 saturated heterocycles. The van der Waals surface area contributed by atoms with Crippen molar-refractivity contribution in [2.75, 3.05) is 20.2 Å². The number of ether oxygens (including phenoxy) is 1. The van der Waals surface area contributed by atoms with E-state index in [9.17, 15) is 4.79 Å². The molecule has 3 N–H and O–H groups in total. The van der Waals surface area contributed by atoms with E-state index in [1.807, 2.05) is 0 Å². The summed E-state index contributed by atoms with van der Waals surface area (Å²) in [5.41, 5.74) is 5.62. The molecule has 0 aromatic heterocycles. The number of halogens is 3. The van der Waals surface area contributed by atoms with Crippen LogP contribution in [0.5, 0.6) is 5.75 Å². The fraction of sp³-hybridized carbons (Fsp3) is 0.300. The topological polar surface area (TPSA) is 64.3 Å². The van der Waals surface area contributed by atoms with Gasteiger partial charge in [-0.2, -0.15) is 0 Å². The van der Waals surface area contributed by atoms with Crippen molar-refractivity contribution in [2.24, 2.45) is 5.73 Å². The number of nitrogens with one attached hydrogen (secondary N) is 1. The van der Waals surface area contributed by atoms with Crippen molar-refractivity contribution >= 4 is 41.5 Å². The second-order valence-electron chi connectivity index (χ2n) is 3.01. The Morgan fingerprint density at radius 2 is 2.00 bits per heavy atom. The van der Waals surface area contributed by atoms with Crippen molar-refractivity contribution in [2.45, 2.75) is 0 Å². The monoisotopic (exact) mass is 298 g/mol. The summed E-state index contributed by atoms with van der Waals surface area (Å²) in [4.78, 5) is 11.7. The molecule has 0 bridgehead atoms. The number of benzene rings is 1. The first-order chi connectivity index (χ1) is 7.60. The summed E-state index contributed by atoms with van der Waals surface area (Å²) in [6.45, 7) is 0.762. The van der Waals surface area contributed by atoms with E-state index in [0.717, 1.165) is 0 Å². The third kappa shape index (κ3) is 4.24. The molecule has 0 radical (unpaired) electrons. The Kier molecular flexibility index (Phi) is 7.30. The molecule has 0 aliphatic heterocycles. The van der Waals surface area contributed by atoms with Crippen LogP contribution in [-0.2, 0) is 0 Å². The lowest BCUT2D eigenvalue weighted by atomic mass is 10.2. The van der Waals surface area contributed by atoms with Crippen molar-refractivity contribution in [3.05, 3.63) is 27.7 Å². The van der Waals surface area contributed by atoms with Crippen molar-refractivity contribution < 1.29 is 9.53 Å². The highest BCUT2D eigenvalue weighted by molar-refractivity contribution is 6.42. The summed E-state index contributed by atoms with van der Waals surface area (Å²) in [7, 11) is 1.46. The van der Waals surface area contributed by atoms with Crippen LogP contribution in [0.15, 0.2) is 12.1 Å². The molecular weight excluding hydrogens is 286 g/mol. The molecular formula is C10H13Cl3N2O2. The normalized spacial score (nSPS) is 9.41. The predicted molar refractivity (Wildman–Crippen MR) is 71.6 cm³/mol. The third-order valence-electron chi connectivity index (χ3n) is 1.92. The van der Waals surface area contributed by atoms with Crippen LogP contribution in [-0.4, -0.2) is 26.1 Å². The average Bonchev–Trinajstić information content (AvgIpc) is 2.28. The SMILES string of the molecule is COc1cc(Cl)c(Cl)cc1C(=O)NCCN.Cl. The van der Waals surface area contributed by atoms with Gasteiger partial charge in [-0.1, -0.05) is 23.2 Å². The molecule has 96 valence electrons. The van der Waals surface area contributed by atoms with Gasteiger partial charge in [0.05, 0.1) is 22.7 Å². The number of methoxy groups -OCH3 is 1. The molecule has 0 aliphatic rings. The average molecular weight is 300 g/mol. The number of hydrogen-bond donors (Lipinski definition) is 2. The van der Waals surface area contributed by atoms with Crippen LogP contribution in [0.4, 0.5) is 0 Å². The van der Waals surface area contributed by atoms with Gasteiger partial charge in [0.25, 0.3) is 5.91 Å². The second kappa shape index (κ2) is 7.61. The molecule has 1 aromatic carbocycles. The lowest BCUT2D eigenvalue weighted by molar-refractivity contribution is 0.0952. The summed E-state index contributed by atoms with van der Waals surface area (Å²) >= 11 is 11.6. The fourth-order valence-corrected chi connectivity index (χ4v) is 1.47. The van der Waals surface area contributed by atoms with Gasteiger partial charge in [0.15, 0.2) is 0 Å². The van der Waals surface area contributed by atoms with Crippen LogP contribution in [0.25, 0.3) is 0 Å². The van der Waals surface area contributed by atoms with Gasteiger partial charge in [-0.25, -0.2) is 0 Å². The Morgan fingerprint density at radius 3 is 2.53 bits per heavy atom. The molecule has 1 amide bonds. The molecule has 1 aromatic rings. The van der Waals surface area contributed by atoms with Gasteiger partial charge >= 0.3 is 0 Å². The molecule has 0 fully saturated rings. The maximum atomic E-state index is 11.7. The molecule has 4 nitrogen and oxygen atoms in total. The summed E-state index contributed by atoms with van der Waals surface area (Å²) in [6.07, 6.45) is 0. The molecule has 1 rings (SSSR count). The minimum atomic E-state index is -0.291. The van der Waals surface area contributed by atoms with Crippen LogP contribution in [0.3, 0.4) is 0 Å². The standard InChI is InChI=1S/C10H12Cl2N2O2.ClH/c1-16-9-5-8(12)7(11)4-6(9)10(15)14-3-2-13;/h4-5H,2-3,13H2,1H3,(H,14,15);1H. The van der Waals surface area contributed by atoms with Crippen LogP contribution < -0.4 is 15.8 Å². The van der Waals surface area contributed by atoms with E-state index in [0.29, 0.717) is 34.4 Å². The van der Waals surface area contributed by atoms with E-state index in [2.05, 4.69) is 5.32 Å². The molecule has 0 atom stereocenters. The predicted octanol–water partition coefficient (Wildman–Crippen LogP) is 2.11. The van der Waals surface area contributed by atoms with Gasteiger partial charge in [-0.15, -0.1) is 12.4 Å². The summed E-state index contributed by atoms with van der Waals surface area (Å²) < 4.78 is 5.05. The fourth-order valence-electron chi connectivity index (χ4n) is 1.16. The number of carbonyl (C=O) groups excluding carboxylic acids is 1. The molecule has 0 aliphatic carbocycles. The zero-order valence-corrected chi connectivity index (χ0v) is 11.5. The highest BCUT2D eigenvalue weighted by Crippen LogP contribution is 2.30. The van der Waals surface area contributed by atoms with Crippen molar-refractivity contribution in [3.63, 3.8) is 0 Å². The minimum Gasteiger partial charge on any atom is -0.496 e. The number of hydrogen-bond acceptors (Lipinski definition) is 3. The van der Waals surface area contributed by atoms with E-state index in [1.165, 1.54) is 19.2 Å². The smallest absolute Gasteiger partial charge is 0.255 e. The van der Waals surface area contributed by atoms with Gasteiger partial charge in [0.2, 0.25) is 0 Å². The van der Waals surface area contributed by atoms with Crippen LogP contribution in [0.1, 0.15) is 10.4 Å². The lowest BCUT2D eigenvalue weighted by Gasteiger charge is -2.10. The number of nitrogens with two attached hydrogens (primary N) is 1.